The van der Waals surface area contributed by atoms with Gasteiger partial charge in [0.25, 0.3) is 0 Å². The molecule has 0 bridgehead atoms. The molecular weight excluding hydrogens is 230 g/mol. The first kappa shape index (κ1) is 13.8. The summed E-state index contributed by atoms with van der Waals surface area (Å²) >= 11 is 0. The van der Waals surface area contributed by atoms with Gasteiger partial charge in [-0.3, -0.25) is 4.79 Å². The molecule has 18 heavy (non-hydrogen) atoms. The molecule has 0 radical (unpaired) electrons. The fourth-order valence-electron chi connectivity index (χ4n) is 2.45. The third-order valence-electron chi connectivity index (χ3n) is 3.94. The lowest BCUT2D eigenvalue weighted by molar-refractivity contribution is -0.142. The molecule has 1 aliphatic heterocycles. The first-order valence-corrected chi connectivity index (χ1v) is 6.97. The summed E-state index contributed by atoms with van der Waals surface area (Å²) in [6.45, 7) is 6.69. The zero-order valence-corrected chi connectivity index (χ0v) is 11.3. The molecule has 1 saturated carbocycles. The van der Waals surface area contributed by atoms with Crippen LogP contribution in [0.3, 0.4) is 0 Å². The molecule has 1 atom stereocenters. The van der Waals surface area contributed by atoms with Gasteiger partial charge in [0.1, 0.15) is 6.04 Å². The molecule has 2 N–H and O–H groups in total. The minimum Gasteiger partial charge on any atom is -0.468 e. The van der Waals surface area contributed by atoms with Crippen molar-refractivity contribution < 1.29 is 9.53 Å². The Morgan fingerprint density at radius 1 is 1.28 bits per heavy atom. The molecule has 0 aromatic carbocycles. The highest BCUT2D eigenvalue weighted by Gasteiger charge is 2.26. The summed E-state index contributed by atoms with van der Waals surface area (Å²) in [6, 6.07) is -0.473. The Labute approximate surface area is 109 Å². The fraction of sp³-hybridized carbons (Fsp3) is 0.923. The maximum atomic E-state index is 11.2. The number of hydrogen-bond donors (Lipinski definition) is 1. The molecule has 5 nitrogen and oxygen atoms in total. The molecule has 5 heteroatoms. The first-order chi connectivity index (χ1) is 8.69. The largest absolute Gasteiger partial charge is 0.468 e. The number of nitrogens with zero attached hydrogens (tertiary/aromatic N) is 2. The normalized spacial score (nSPS) is 23.9. The summed E-state index contributed by atoms with van der Waals surface area (Å²) in [5.41, 5.74) is 5.73. The van der Waals surface area contributed by atoms with E-state index in [-0.39, 0.29) is 5.97 Å². The van der Waals surface area contributed by atoms with Gasteiger partial charge in [-0.1, -0.05) is 0 Å². The quantitative estimate of drug-likeness (QED) is 0.672. The highest BCUT2D eigenvalue weighted by molar-refractivity contribution is 5.75. The number of carbonyl (C=O) groups excluding carboxylic acids is 1. The van der Waals surface area contributed by atoms with E-state index in [4.69, 9.17) is 5.73 Å². The first-order valence-electron chi connectivity index (χ1n) is 6.97. The monoisotopic (exact) mass is 255 g/mol. The van der Waals surface area contributed by atoms with Gasteiger partial charge in [0.05, 0.1) is 7.11 Å². The van der Waals surface area contributed by atoms with Gasteiger partial charge in [0.2, 0.25) is 0 Å². The van der Waals surface area contributed by atoms with Crippen LogP contribution in [0.1, 0.15) is 19.3 Å². The zero-order valence-electron chi connectivity index (χ0n) is 11.3. The lowest BCUT2D eigenvalue weighted by Gasteiger charge is -2.35. The van der Waals surface area contributed by atoms with Gasteiger partial charge in [0.15, 0.2) is 0 Å². The van der Waals surface area contributed by atoms with Gasteiger partial charge in [-0.2, -0.15) is 0 Å². The molecule has 0 amide bonds. The van der Waals surface area contributed by atoms with E-state index < -0.39 is 6.04 Å². The average molecular weight is 255 g/mol. The van der Waals surface area contributed by atoms with Gasteiger partial charge in [0, 0.05) is 39.3 Å². The van der Waals surface area contributed by atoms with E-state index in [9.17, 15) is 4.79 Å². The smallest absolute Gasteiger partial charge is 0.322 e. The van der Waals surface area contributed by atoms with E-state index in [0.717, 1.165) is 38.6 Å². The van der Waals surface area contributed by atoms with Crippen molar-refractivity contribution in [3.8, 4) is 0 Å². The third kappa shape index (κ3) is 4.23. The van der Waals surface area contributed by atoms with E-state index in [0.29, 0.717) is 6.42 Å². The highest BCUT2D eigenvalue weighted by atomic mass is 16.5. The molecule has 0 aromatic rings. The van der Waals surface area contributed by atoms with Crippen LogP contribution in [0.4, 0.5) is 0 Å². The van der Waals surface area contributed by atoms with Crippen molar-refractivity contribution in [1.82, 2.24) is 9.80 Å². The van der Waals surface area contributed by atoms with Crippen molar-refractivity contribution in [2.75, 3.05) is 46.4 Å². The van der Waals surface area contributed by atoms with Crippen molar-refractivity contribution >= 4 is 5.97 Å². The van der Waals surface area contributed by atoms with Crippen molar-refractivity contribution in [1.29, 1.82) is 0 Å². The Morgan fingerprint density at radius 2 is 1.89 bits per heavy atom. The minimum atomic E-state index is -0.473. The highest BCUT2D eigenvalue weighted by Crippen LogP contribution is 2.29. The van der Waals surface area contributed by atoms with Gasteiger partial charge < -0.3 is 20.3 Å². The second-order valence-corrected chi connectivity index (χ2v) is 5.50. The predicted molar refractivity (Wildman–Crippen MR) is 70.2 cm³/mol. The summed E-state index contributed by atoms with van der Waals surface area (Å²) in [6.07, 6.45) is 3.54. The van der Waals surface area contributed by atoms with E-state index in [1.807, 2.05) is 0 Å². The van der Waals surface area contributed by atoms with Crippen LogP contribution in [-0.2, 0) is 9.53 Å². The summed E-state index contributed by atoms with van der Waals surface area (Å²) in [5.74, 6) is 0.673. The van der Waals surface area contributed by atoms with E-state index in [2.05, 4.69) is 14.5 Å². The molecule has 1 unspecified atom stereocenters. The second-order valence-electron chi connectivity index (χ2n) is 5.50. The number of ether oxygens (including phenoxy) is 1. The standard InChI is InChI=1S/C13H25N3O2/c1-18-13(17)12(14)4-5-15-6-8-16(9-7-15)10-11-2-3-11/h11-12H,2-10,14H2,1H3. The van der Waals surface area contributed by atoms with E-state index >= 15 is 0 Å². The third-order valence-corrected chi connectivity index (χ3v) is 3.94. The molecule has 2 rings (SSSR count). The fourth-order valence-corrected chi connectivity index (χ4v) is 2.45. The van der Waals surface area contributed by atoms with Gasteiger partial charge in [-0.25, -0.2) is 0 Å². The summed E-state index contributed by atoms with van der Waals surface area (Å²) in [7, 11) is 1.39. The van der Waals surface area contributed by atoms with E-state index in [1.165, 1.54) is 26.5 Å². The van der Waals surface area contributed by atoms with Crippen LogP contribution in [0.5, 0.6) is 0 Å². The Hall–Kier alpha value is -0.650. The molecule has 104 valence electrons. The number of rotatable bonds is 6. The molecule has 1 saturated heterocycles. The van der Waals surface area contributed by atoms with Crippen LogP contribution in [-0.4, -0.2) is 68.2 Å². The lowest BCUT2D eigenvalue weighted by atomic mass is 10.2. The van der Waals surface area contributed by atoms with Crippen LogP contribution in [0.2, 0.25) is 0 Å². The van der Waals surface area contributed by atoms with Gasteiger partial charge in [-0.15, -0.1) is 0 Å². The number of piperazine rings is 1. The van der Waals surface area contributed by atoms with Crippen LogP contribution in [0.25, 0.3) is 0 Å². The minimum absolute atomic E-state index is 0.303. The van der Waals surface area contributed by atoms with Gasteiger partial charge >= 0.3 is 5.97 Å². The number of nitrogens with two attached hydrogens (primary N) is 1. The zero-order chi connectivity index (χ0) is 13.0. The summed E-state index contributed by atoms with van der Waals surface area (Å²) < 4.78 is 4.63. The molecule has 0 spiro atoms. The van der Waals surface area contributed by atoms with Crippen LogP contribution in [0.15, 0.2) is 0 Å². The number of esters is 1. The SMILES string of the molecule is COC(=O)C(N)CCN1CCN(CC2CC2)CC1. The van der Waals surface area contributed by atoms with E-state index in [1.54, 1.807) is 0 Å². The number of methoxy groups -OCH3 is 1. The maximum absolute atomic E-state index is 11.2. The Bertz CT molecular complexity index is 273. The van der Waals surface area contributed by atoms with Crippen LogP contribution < -0.4 is 5.73 Å². The maximum Gasteiger partial charge on any atom is 0.322 e. The predicted octanol–water partition coefficient (Wildman–Crippen LogP) is -0.0956. The Morgan fingerprint density at radius 3 is 2.44 bits per heavy atom. The van der Waals surface area contributed by atoms with Crippen molar-refractivity contribution in [2.24, 2.45) is 11.7 Å². The second kappa shape index (κ2) is 6.50. The van der Waals surface area contributed by atoms with Gasteiger partial charge in [-0.05, 0) is 25.2 Å². The lowest BCUT2D eigenvalue weighted by Crippen LogP contribution is -2.48. The molecule has 2 fully saturated rings. The van der Waals surface area contributed by atoms with Crippen molar-refractivity contribution in [3.05, 3.63) is 0 Å². The number of hydrogen-bond acceptors (Lipinski definition) is 5. The Kier molecular flexibility index (Phi) is 4.97. The summed E-state index contributed by atoms with van der Waals surface area (Å²) in [4.78, 5) is 16.1. The van der Waals surface area contributed by atoms with Crippen LogP contribution in [0, 0.1) is 5.92 Å². The number of carbonyl (C=O) groups is 1. The molecule has 1 aliphatic carbocycles. The Balaban J connectivity index is 1.59. The molecular formula is C13H25N3O2. The van der Waals surface area contributed by atoms with Crippen molar-refractivity contribution in [3.63, 3.8) is 0 Å². The topological polar surface area (TPSA) is 58.8 Å². The summed E-state index contributed by atoms with van der Waals surface area (Å²) in [5, 5.41) is 0. The molecule has 1 heterocycles. The average Bonchev–Trinajstić information content (AvgIpc) is 3.20. The van der Waals surface area contributed by atoms with Crippen LogP contribution >= 0.6 is 0 Å². The molecule has 2 aliphatic rings. The molecule has 0 aromatic heterocycles. The van der Waals surface area contributed by atoms with Crippen molar-refractivity contribution in [2.45, 2.75) is 25.3 Å².